The van der Waals surface area contributed by atoms with E-state index >= 15 is 0 Å². The number of fused-ring (bicyclic) bond motifs is 3. The van der Waals surface area contributed by atoms with Gasteiger partial charge in [0.25, 0.3) is 0 Å². The SMILES string of the molecule is Nc1cc2nc3cc[nH]n3c2cc1N. The molecule has 0 fully saturated rings. The number of aromatic nitrogens is 3. The second-order valence-corrected chi connectivity index (χ2v) is 3.24. The van der Waals surface area contributed by atoms with Crippen LogP contribution in [0.2, 0.25) is 0 Å². The fourth-order valence-electron chi connectivity index (χ4n) is 1.61. The quantitative estimate of drug-likeness (QED) is 0.458. The highest BCUT2D eigenvalue weighted by molar-refractivity contribution is 5.88. The summed E-state index contributed by atoms with van der Waals surface area (Å²) in [5, 5.41) is 3.05. The van der Waals surface area contributed by atoms with Gasteiger partial charge < -0.3 is 11.5 Å². The van der Waals surface area contributed by atoms with E-state index in [4.69, 9.17) is 11.5 Å². The van der Waals surface area contributed by atoms with Gasteiger partial charge in [-0.15, -0.1) is 0 Å². The van der Waals surface area contributed by atoms with E-state index in [1.807, 2.05) is 22.8 Å². The third-order valence-corrected chi connectivity index (χ3v) is 2.32. The summed E-state index contributed by atoms with van der Waals surface area (Å²) in [5.74, 6) is 0. The number of imidazole rings is 1. The number of anilines is 2. The van der Waals surface area contributed by atoms with Crippen molar-refractivity contribution in [3.8, 4) is 0 Å². The number of nitrogens with two attached hydrogens (primary N) is 2. The summed E-state index contributed by atoms with van der Waals surface area (Å²) < 4.78 is 1.87. The predicted molar refractivity (Wildman–Crippen MR) is 55.9 cm³/mol. The van der Waals surface area contributed by atoms with Crippen LogP contribution in [0, 0.1) is 0 Å². The van der Waals surface area contributed by atoms with Gasteiger partial charge in [-0.3, -0.25) is 5.10 Å². The third kappa shape index (κ3) is 0.756. The van der Waals surface area contributed by atoms with Crippen molar-refractivity contribution in [1.82, 2.24) is 14.6 Å². The van der Waals surface area contributed by atoms with Crippen molar-refractivity contribution in [1.29, 1.82) is 0 Å². The van der Waals surface area contributed by atoms with Crippen LogP contribution in [-0.2, 0) is 0 Å². The Bertz CT molecular complexity index is 618. The highest BCUT2D eigenvalue weighted by Crippen LogP contribution is 2.23. The first-order chi connectivity index (χ1) is 6.75. The molecule has 3 aromatic rings. The lowest BCUT2D eigenvalue weighted by atomic mass is 10.2. The third-order valence-electron chi connectivity index (χ3n) is 2.32. The Morgan fingerprint density at radius 1 is 1.21 bits per heavy atom. The van der Waals surface area contributed by atoms with E-state index in [0.29, 0.717) is 11.4 Å². The normalized spacial score (nSPS) is 11.4. The Kier molecular flexibility index (Phi) is 1.14. The summed E-state index contributed by atoms with van der Waals surface area (Å²) in [4.78, 5) is 4.37. The van der Waals surface area contributed by atoms with E-state index in [1.165, 1.54) is 0 Å². The molecule has 0 aliphatic rings. The largest absolute Gasteiger partial charge is 0.397 e. The molecule has 0 unspecified atom stereocenters. The lowest BCUT2D eigenvalue weighted by Crippen LogP contribution is -1.94. The zero-order chi connectivity index (χ0) is 9.71. The minimum atomic E-state index is 0.568. The molecule has 5 nitrogen and oxygen atoms in total. The smallest absolute Gasteiger partial charge is 0.154 e. The molecule has 0 radical (unpaired) electrons. The van der Waals surface area contributed by atoms with Gasteiger partial charge in [0.2, 0.25) is 0 Å². The molecule has 0 saturated carbocycles. The van der Waals surface area contributed by atoms with Crippen LogP contribution in [0.15, 0.2) is 24.4 Å². The average molecular weight is 187 g/mol. The first-order valence-electron chi connectivity index (χ1n) is 4.26. The molecule has 2 aromatic heterocycles. The Morgan fingerprint density at radius 2 is 2.00 bits per heavy atom. The molecule has 0 bridgehead atoms. The molecule has 0 spiro atoms. The Labute approximate surface area is 79.3 Å². The molecule has 0 atom stereocenters. The standard InChI is InChI=1S/C9H9N5/c10-5-3-7-8(4-6(5)11)14-9(13-7)1-2-12-14/h1-4,12H,10-11H2. The van der Waals surface area contributed by atoms with Crippen LogP contribution in [0.25, 0.3) is 16.7 Å². The number of nitrogen functional groups attached to an aromatic ring is 2. The molecule has 0 aliphatic carbocycles. The summed E-state index contributed by atoms with van der Waals surface area (Å²) in [5.41, 5.74) is 15.2. The van der Waals surface area contributed by atoms with Crippen LogP contribution in [0.1, 0.15) is 0 Å². The average Bonchev–Trinajstić information content (AvgIpc) is 2.68. The van der Waals surface area contributed by atoms with Gasteiger partial charge in [0, 0.05) is 12.3 Å². The first-order valence-corrected chi connectivity index (χ1v) is 4.26. The summed E-state index contributed by atoms with van der Waals surface area (Å²) in [6, 6.07) is 5.50. The molecule has 5 N–H and O–H groups in total. The number of H-pyrrole nitrogens is 1. The van der Waals surface area contributed by atoms with Gasteiger partial charge >= 0.3 is 0 Å². The van der Waals surface area contributed by atoms with Gasteiger partial charge in [-0.05, 0) is 12.1 Å². The highest BCUT2D eigenvalue weighted by Gasteiger charge is 2.06. The molecule has 5 heteroatoms. The number of nitrogens with zero attached hydrogens (tertiary/aromatic N) is 2. The van der Waals surface area contributed by atoms with Gasteiger partial charge in [0.1, 0.15) is 0 Å². The van der Waals surface area contributed by atoms with E-state index in [0.717, 1.165) is 16.7 Å². The van der Waals surface area contributed by atoms with Gasteiger partial charge in [-0.25, -0.2) is 9.50 Å². The second kappa shape index (κ2) is 2.20. The second-order valence-electron chi connectivity index (χ2n) is 3.24. The monoisotopic (exact) mass is 187 g/mol. The molecule has 1 aromatic carbocycles. The van der Waals surface area contributed by atoms with Crippen LogP contribution in [-0.4, -0.2) is 14.6 Å². The Hall–Kier alpha value is -2.17. The van der Waals surface area contributed by atoms with Crippen LogP contribution < -0.4 is 11.5 Å². The van der Waals surface area contributed by atoms with Gasteiger partial charge in [-0.1, -0.05) is 0 Å². The van der Waals surface area contributed by atoms with Crippen LogP contribution in [0.4, 0.5) is 11.4 Å². The van der Waals surface area contributed by atoms with Crippen molar-refractivity contribution in [2.45, 2.75) is 0 Å². The number of aromatic amines is 1. The number of benzene rings is 1. The number of nitrogens with one attached hydrogen (secondary N) is 1. The van der Waals surface area contributed by atoms with Crippen LogP contribution in [0.5, 0.6) is 0 Å². The maximum absolute atomic E-state index is 5.72. The summed E-state index contributed by atoms with van der Waals surface area (Å²) in [6.45, 7) is 0. The van der Waals surface area contributed by atoms with Crippen molar-refractivity contribution in [3.63, 3.8) is 0 Å². The fraction of sp³-hybridized carbons (Fsp3) is 0. The molecule has 0 aliphatic heterocycles. The molecule has 14 heavy (non-hydrogen) atoms. The van der Waals surface area contributed by atoms with E-state index in [-0.39, 0.29) is 0 Å². The van der Waals surface area contributed by atoms with Gasteiger partial charge in [-0.2, -0.15) is 0 Å². The zero-order valence-corrected chi connectivity index (χ0v) is 7.36. The maximum atomic E-state index is 5.72. The van der Waals surface area contributed by atoms with Crippen molar-refractivity contribution in [3.05, 3.63) is 24.4 Å². The minimum absolute atomic E-state index is 0.568. The topological polar surface area (TPSA) is 85.1 Å². The first kappa shape index (κ1) is 7.25. The maximum Gasteiger partial charge on any atom is 0.154 e. The lowest BCUT2D eigenvalue weighted by Gasteiger charge is -1.98. The lowest BCUT2D eigenvalue weighted by molar-refractivity contribution is 1.01. The van der Waals surface area contributed by atoms with Crippen molar-refractivity contribution < 1.29 is 0 Å². The van der Waals surface area contributed by atoms with Gasteiger partial charge in [0.15, 0.2) is 5.65 Å². The summed E-state index contributed by atoms with van der Waals surface area (Å²) >= 11 is 0. The molecular formula is C9H9N5. The summed E-state index contributed by atoms with van der Waals surface area (Å²) in [6.07, 6.45) is 1.83. The van der Waals surface area contributed by atoms with E-state index in [2.05, 4.69) is 10.1 Å². The predicted octanol–water partition coefficient (Wildman–Crippen LogP) is 0.980. The summed E-state index contributed by atoms with van der Waals surface area (Å²) in [7, 11) is 0. The van der Waals surface area contributed by atoms with Crippen LogP contribution >= 0.6 is 0 Å². The zero-order valence-electron chi connectivity index (χ0n) is 7.36. The molecule has 3 rings (SSSR count). The van der Waals surface area contributed by atoms with Crippen molar-refractivity contribution in [2.24, 2.45) is 0 Å². The molecule has 0 amide bonds. The number of rotatable bonds is 0. The highest BCUT2D eigenvalue weighted by atomic mass is 15.3. The van der Waals surface area contributed by atoms with E-state index in [9.17, 15) is 0 Å². The molecule has 2 heterocycles. The Balaban J connectivity index is 2.57. The Morgan fingerprint density at radius 3 is 2.86 bits per heavy atom. The number of hydrogen-bond acceptors (Lipinski definition) is 3. The van der Waals surface area contributed by atoms with Crippen LogP contribution in [0.3, 0.4) is 0 Å². The van der Waals surface area contributed by atoms with Gasteiger partial charge in [0.05, 0.1) is 22.4 Å². The van der Waals surface area contributed by atoms with Crippen molar-refractivity contribution in [2.75, 3.05) is 11.5 Å². The van der Waals surface area contributed by atoms with E-state index < -0.39 is 0 Å². The molecule has 0 saturated heterocycles. The molecule has 70 valence electrons. The number of hydrogen-bond donors (Lipinski definition) is 3. The fourth-order valence-corrected chi connectivity index (χ4v) is 1.61. The van der Waals surface area contributed by atoms with Crippen molar-refractivity contribution >= 4 is 28.1 Å². The minimum Gasteiger partial charge on any atom is -0.397 e. The van der Waals surface area contributed by atoms with E-state index in [1.54, 1.807) is 6.07 Å². The molecular weight excluding hydrogens is 178 g/mol.